The van der Waals surface area contributed by atoms with Crippen molar-refractivity contribution in [3.05, 3.63) is 95.6 Å². The van der Waals surface area contributed by atoms with E-state index in [0.717, 1.165) is 56.1 Å². The molecule has 0 saturated carbocycles. The summed E-state index contributed by atoms with van der Waals surface area (Å²) in [6, 6.07) is 25.0. The summed E-state index contributed by atoms with van der Waals surface area (Å²) in [5.74, 6) is 0.791. The van der Waals surface area contributed by atoms with Crippen molar-refractivity contribution < 1.29 is 14.3 Å². The zero-order valence-corrected chi connectivity index (χ0v) is 19.6. The van der Waals surface area contributed by atoms with Gasteiger partial charge in [0, 0.05) is 37.3 Å². The van der Waals surface area contributed by atoms with Crippen molar-refractivity contribution in [1.29, 1.82) is 0 Å². The normalized spacial score (nSPS) is 17.6. The second-order valence-electron chi connectivity index (χ2n) is 9.08. The van der Waals surface area contributed by atoms with E-state index in [0.29, 0.717) is 17.5 Å². The molecule has 0 aromatic heterocycles. The Kier molecular flexibility index (Phi) is 6.20. The largest absolute Gasteiger partial charge is 0.495 e. The highest BCUT2D eigenvalue weighted by Crippen LogP contribution is 2.43. The molecule has 0 bridgehead atoms. The smallest absolute Gasteiger partial charge is 0.181 e. The summed E-state index contributed by atoms with van der Waals surface area (Å²) in [7, 11) is 1.71. The molecule has 3 aromatic carbocycles. The Balaban J connectivity index is 1.27. The van der Waals surface area contributed by atoms with Crippen LogP contribution < -0.4 is 9.64 Å². The maximum absolute atomic E-state index is 13.6. The van der Waals surface area contributed by atoms with Gasteiger partial charge in [-0.25, -0.2) is 0 Å². The first kappa shape index (κ1) is 22.4. The number of nitrogens with zero attached hydrogens (tertiary/aromatic N) is 2. The van der Waals surface area contributed by atoms with Crippen molar-refractivity contribution in [2.45, 2.75) is 18.3 Å². The lowest BCUT2D eigenvalue weighted by atomic mass is 9.72. The third-order valence-corrected chi connectivity index (χ3v) is 7.28. The Hall–Kier alpha value is -3.44. The third kappa shape index (κ3) is 3.80. The van der Waals surface area contributed by atoms with Gasteiger partial charge in [-0.15, -0.1) is 0 Å². The highest BCUT2D eigenvalue weighted by Gasteiger charge is 2.53. The molecule has 0 unspecified atom stereocenters. The predicted molar refractivity (Wildman–Crippen MR) is 134 cm³/mol. The highest BCUT2D eigenvalue weighted by molar-refractivity contribution is 6.33. The molecular weight excluding hydrogens is 424 g/mol. The van der Waals surface area contributed by atoms with Gasteiger partial charge in [0.15, 0.2) is 11.6 Å². The zero-order valence-electron chi connectivity index (χ0n) is 19.6. The number of ketones is 2. The fourth-order valence-corrected chi connectivity index (χ4v) is 5.47. The van der Waals surface area contributed by atoms with Crippen LogP contribution in [0.4, 0.5) is 5.69 Å². The summed E-state index contributed by atoms with van der Waals surface area (Å²) in [4.78, 5) is 32.0. The molecule has 1 aliphatic heterocycles. The van der Waals surface area contributed by atoms with Crippen LogP contribution in [0.5, 0.6) is 5.75 Å². The second-order valence-corrected chi connectivity index (χ2v) is 9.08. The van der Waals surface area contributed by atoms with Crippen molar-refractivity contribution >= 4 is 17.3 Å². The van der Waals surface area contributed by atoms with Crippen LogP contribution in [0.2, 0.25) is 0 Å². The van der Waals surface area contributed by atoms with Gasteiger partial charge in [0.25, 0.3) is 0 Å². The summed E-state index contributed by atoms with van der Waals surface area (Å²) in [6.45, 7) is 4.60. The number of carbonyl (C=O) groups excluding carboxylic acids is 2. The molecule has 5 nitrogen and oxygen atoms in total. The molecule has 1 fully saturated rings. The lowest BCUT2D eigenvalue weighted by Crippen LogP contribution is -2.47. The molecule has 34 heavy (non-hydrogen) atoms. The summed E-state index contributed by atoms with van der Waals surface area (Å²) in [6.07, 6.45) is 1.31. The van der Waals surface area contributed by atoms with Gasteiger partial charge >= 0.3 is 0 Å². The quantitative estimate of drug-likeness (QED) is 0.488. The number of ether oxygens (including phenoxy) is 1. The molecule has 3 aromatic rings. The molecule has 0 atom stereocenters. The number of benzene rings is 3. The fourth-order valence-electron chi connectivity index (χ4n) is 5.47. The first-order valence-corrected chi connectivity index (χ1v) is 12.0. The Bertz CT molecular complexity index is 1150. The third-order valence-electron chi connectivity index (χ3n) is 7.28. The van der Waals surface area contributed by atoms with E-state index in [1.165, 1.54) is 0 Å². The van der Waals surface area contributed by atoms with E-state index in [-0.39, 0.29) is 11.6 Å². The monoisotopic (exact) mass is 454 g/mol. The molecule has 174 valence electrons. The van der Waals surface area contributed by atoms with E-state index < -0.39 is 5.41 Å². The van der Waals surface area contributed by atoms with Crippen LogP contribution in [-0.2, 0) is 5.41 Å². The van der Waals surface area contributed by atoms with E-state index >= 15 is 0 Å². The topological polar surface area (TPSA) is 49.9 Å². The van der Waals surface area contributed by atoms with Crippen molar-refractivity contribution in [2.24, 2.45) is 0 Å². The Morgan fingerprint density at radius 1 is 0.765 bits per heavy atom. The van der Waals surface area contributed by atoms with Gasteiger partial charge in [-0.1, -0.05) is 66.7 Å². The number of para-hydroxylation sites is 2. The maximum atomic E-state index is 13.6. The van der Waals surface area contributed by atoms with Crippen molar-refractivity contribution in [3.63, 3.8) is 0 Å². The zero-order chi connectivity index (χ0) is 23.5. The SMILES string of the molecule is COc1ccccc1N1CCN(CCCC2(c3ccccc3)C(=O)c3ccccc3C2=O)CC1. The molecule has 0 N–H and O–H groups in total. The van der Waals surface area contributed by atoms with Crippen LogP contribution in [0.1, 0.15) is 39.1 Å². The average Bonchev–Trinajstić information content (AvgIpc) is 3.12. The van der Waals surface area contributed by atoms with Gasteiger partial charge in [0.2, 0.25) is 0 Å². The van der Waals surface area contributed by atoms with Crippen molar-refractivity contribution in [2.75, 3.05) is 44.7 Å². The first-order chi connectivity index (χ1) is 16.6. The molecule has 1 aliphatic carbocycles. The molecule has 5 rings (SSSR count). The number of anilines is 1. The Morgan fingerprint density at radius 3 is 2.00 bits per heavy atom. The number of piperazine rings is 1. The second kappa shape index (κ2) is 9.43. The molecule has 2 aliphatic rings. The minimum Gasteiger partial charge on any atom is -0.495 e. The molecule has 0 amide bonds. The molecule has 1 heterocycles. The van der Waals surface area contributed by atoms with E-state index in [1.54, 1.807) is 19.2 Å². The predicted octanol–water partition coefficient (Wildman–Crippen LogP) is 4.61. The fraction of sp³-hybridized carbons (Fsp3) is 0.310. The minimum atomic E-state index is -1.11. The summed E-state index contributed by atoms with van der Waals surface area (Å²) in [5, 5.41) is 0. The van der Waals surface area contributed by atoms with Crippen molar-refractivity contribution in [3.8, 4) is 5.75 Å². The molecule has 0 radical (unpaired) electrons. The van der Waals surface area contributed by atoms with Crippen LogP contribution >= 0.6 is 0 Å². The summed E-state index contributed by atoms with van der Waals surface area (Å²) >= 11 is 0. The number of carbonyl (C=O) groups is 2. The number of rotatable bonds is 7. The molecule has 1 saturated heterocycles. The van der Waals surface area contributed by atoms with Gasteiger partial charge in [-0.3, -0.25) is 14.5 Å². The number of Topliss-reactive ketones (excluding diaryl/α,β-unsaturated/α-hetero) is 2. The average molecular weight is 455 g/mol. The lowest BCUT2D eigenvalue weighted by Gasteiger charge is -2.37. The first-order valence-electron chi connectivity index (χ1n) is 12.0. The van der Waals surface area contributed by atoms with Gasteiger partial charge in [0.05, 0.1) is 12.8 Å². The van der Waals surface area contributed by atoms with E-state index in [9.17, 15) is 9.59 Å². The number of methoxy groups -OCH3 is 1. The van der Waals surface area contributed by atoms with Gasteiger partial charge in [-0.05, 0) is 37.1 Å². The Morgan fingerprint density at radius 2 is 1.35 bits per heavy atom. The number of hydrogen-bond donors (Lipinski definition) is 0. The standard InChI is InChI=1S/C29H30N2O3/c1-34-26-15-8-7-14-25(26)31-20-18-30(19-21-31)17-9-16-29(22-10-3-2-4-11-22)27(32)23-12-5-6-13-24(23)28(29)33/h2-8,10-15H,9,16-21H2,1H3. The molecule has 5 heteroatoms. The Labute approximate surface area is 201 Å². The van der Waals surface area contributed by atoms with E-state index in [2.05, 4.69) is 15.9 Å². The van der Waals surface area contributed by atoms with Crippen LogP contribution in [0, 0.1) is 0 Å². The van der Waals surface area contributed by atoms with Crippen LogP contribution in [0.3, 0.4) is 0 Å². The highest BCUT2D eigenvalue weighted by atomic mass is 16.5. The van der Waals surface area contributed by atoms with E-state index in [4.69, 9.17) is 4.74 Å². The molecule has 0 spiro atoms. The van der Waals surface area contributed by atoms with E-state index in [1.807, 2.05) is 60.7 Å². The minimum absolute atomic E-state index is 0.0553. The van der Waals surface area contributed by atoms with Gasteiger partial charge in [-0.2, -0.15) is 0 Å². The summed E-state index contributed by atoms with van der Waals surface area (Å²) in [5.41, 5.74) is 1.95. The number of fused-ring (bicyclic) bond motifs is 1. The van der Waals surface area contributed by atoms with Crippen molar-refractivity contribution in [1.82, 2.24) is 4.90 Å². The van der Waals surface area contributed by atoms with Crippen LogP contribution in [-0.4, -0.2) is 56.3 Å². The van der Waals surface area contributed by atoms with Crippen LogP contribution in [0.15, 0.2) is 78.9 Å². The summed E-state index contributed by atoms with van der Waals surface area (Å²) < 4.78 is 5.53. The lowest BCUT2D eigenvalue weighted by molar-refractivity contribution is 0.0777. The maximum Gasteiger partial charge on any atom is 0.181 e. The van der Waals surface area contributed by atoms with Gasteiger partial charge in [0.1, 0.15) is 11.2 Å². The number of hydrogen-bond acceptors (Lipinski definition) is 5. The van der Waals surface area contributed by atoms with Gasteiger partial charge < -0.3 is 9.64 Å². The van der Waals surface area contributed by atoms with Crippen LogP contribution in [0.25, 0.3) is 0 Å². The molecular formula is C29H30N2O3.